The fraction of sp³-hybridized carbons (Fsp3) is 0.452. The summed E-state index contributed by atoms with van der Waals surface area (Å²) in [5.74, 6) is 4.07. The molecule has 6 rings (SSSR count). The van der Waals surface area contributed by atoms with Crippen LogP contribution in [-0.2, 0) is 21.1 Å². The molecule has 3 atom stereocenters. The van der Waals surface area contributed by atoms with Gasteiger partial charge in [0.05, 0.1) is 25.0 Å². The van der Waals surface area contributed by atoms with E-state index in [4.69, 9.17) is 9.15 Å². The molecule has 0 bridgehead atoms. The number of ether oxygens (including phenoxy) is 1. The number of hydrogen-bond acceptors (Lipinski definition) is 7. The second kappa shape index (κ2) is 10.5. The maximum atomic E-state index is 13.5. The van der Waals surface area contributed by atoms with E-state index < -0.39 is 15.9 Å². The second-order valence-electron chi connectivity index (χ2n) is 11.5. The van der Waals surface area contributed by atoms with Crippen molar-refractivity contribution in [2.45, 2.75) is 32.7 Å². The van der Waals surface area contributed by atoms with Crippen molar-refractivity contribution in [1.29, 1.82) is 0 Å². The Morgan fingerprint density at radius 3 is 2.40 bits per heavy atom. The SMILES string of the molecule is COc1ccc(C(NC(=O)Cc2ccc(N3CCS(=O)(=O)CC3)c(C)c2)c2ccc(C)o2)c(N2CC3CC3C2)c1. The molecule has 40 heavy (non-hydrogen) atoms. The Kier molecular flexibility index (Phi) is 7.02. The Labute approximate surface area is 236 Å². The summed E-state index contributed by atoms with van der Waals surface area (Å²) < 4.78 is 35.3. The summed E-state index contributed by atoms with van der Waals surface area (Å²) in [6.45, 7) is 6.96. The lowest BCUT2D eigenvalue weighted by atomic mass is 10.00. The summed E-state index contributed by atoms with van der Waals surface area (Å²) in [4.78, 5) is 18.0. The average Bonchev–Trinajstić information content (AvgIpc) is 3.30. The molecule has 8 nitrogen and oxygen atoms in total. The Morgan fingerprint density at radius 2 is 1.75 bits per heavy atom. The van der Waals surface area contributed by atoms with E-state index in [9.17, 15) is 13.2 Å². The Morgan fingerprint density at radius 1 is 1.00 bits per heavy atom. The minimum Gasteiger partial charge on any atom is -0.497 e. The molecule has 2 aliphatic heterocycles. The third-order valence-electron chi connectivity index (χ3n) is 8.53. The molecule has 1 aliphatic carbocycles. The Balaban J connectivity index is 1.23. The van der Waals surface area contributed by atoms with Crippen molar-refractivity contribution in [2.24, 2.45) is 11.8 Å². The quantitative estimate of drug-likeness (QED) is 0.442. The maximum absolute atomic E-state index is 13.5. The van der Waals surface area contributed by atoms with Gasteiger partial charge >= 0.3 is 0 Å². The molecular weight excluding hydrogens is 526 g/mol. The molecule has 3 unspecified atom stereocenters. The fourth-order valence-electron chi connectivity index (χ4n) is 6.21. The van der Waals surface area contributed by atoms with Crippen LogP contribution in [0.25, 0.3) is 0 Å². The van der Waals surface area contributed by atoms with E-state index in [2.05, 4.69) is 21.2 Å². The minimum absolute atomic E-state index is 0.0960. The molecule has 9 heteroatoms. The van der Waals surface area contributed by atoms with Gasteiger partial charge in [0.2, 0.25) is 5.91 Å². The smallest absolute Gasteiger partial charge is 0.225 e. The van der Waals surface area contributed by atoms with Gasteiger partial charge in [-0.3, -0.25) is 4.79 Å². The van der Waals surface area contributed by atoms with Crippen LogP contribution in [-0.4, -0.2) is 59.1 Å². The van der Waals surface area contributed by atoms with Gasteiger partial charge in [-0.15, -0.1) is 0 Å². The van der Waals surface area contributed by atoms with Crippen LogP contribution in [0.1, 0.15) is 40.7 Å². The number of amides is 1. The van der Waals surface area contributed by atoms with Gasteiger partial charge in [0, 0.05) is 49.2 Å². The van der Waals surface area contributed by atoms with Gasteiger partial charge in [0.25, 0.3) is 0 Å². The van der Waals surface area contributed by atoms with Crippen LogP contribution in [0, 0.1) is 25.7 Å². The molecule has 1 aromatic heterocycles. The van der Waals surface area contributed by atoms with Crippen molar-refractivity contribution < 1.29 is 22.4 Å². The molecule has 1 amide bonds. The molecule has 3 aliphatic rings. The molecular formula is C31H37N3O5S. The number of fused-ring (bicyclic) bond motifs is 1. The summed E-state index contributed by atoms with van der Waals surface area (Å²) in [7, 11) is -1.27. The lowest BCUT2D eigenvalue weighted by Crippen LogP contribution is -2.40. The number of rotatable bonds is 8. The highest BCUT2D eigenvalue weighted by atomic mass is 32.2. The number of benzene rings is 2. The number of sulfone groups is 1. The highest BCUT2D eigenvalue weighted by molar-refractivity contribution is 7.91. The predicted molar refractivity (Wildman–Crippen MR) is 156 cm³/mol. The number of methoxy groups -OCH3 is 1. The topological polar surface area (TPSA) is 92.1 Å². The third-order valence-corrected chi connectivity index (χ3v) is 10.1. The Hall–Kier alpha value is -3.46. The lowest BCUT2D eigenvalue weighted by molar-refractivity contribution is -0.121. The van der Waals surface area contributed by atoms with Crippen LogP contribution in [0.3, 0.4) is 0 Å². The van der Waals surface area contributed by atoms with E-state index in [0.717, 1.165) is 64.5 Å². The summed E-state index contributed by atoms with van der Waals surface area (Å²) >= 11 is 0. The second-order valence-corrected chi connectivity index (χ2v) is 13.8. The van der Waals surface area contributed by atoms with Crippen LogP contribution in [0.15, 0.2) is 52.9 Å². The average molecular weight is 564 g/mol. The minimum atomic E-state index is -2.94. The molecule has 3 fully saturated rings. The molecule has 1 saturated carbocycles. The number of aryl methyl sites for hydroxylation is 2. The zero-order valence-electron chi connectivity index (χ0n) is 23.4. The predicted octanol–water partition coefficient (Wildman–Crippen LogP) is 4.04. The number of nitrogens with one attached hydrogen (secondary N) is 1. The van der Waals surface area contributed by atoms with Crippen molar-refractivity contribution >= 4 is 27.1 Å². The van der Waals surface area contributed by atoms with Gasteiger partial charge in [0.1, 0.15) is 23.3 Å². The van der Waals surface area contributed by atoms with Gasteiger partial charge in [-0.2, -0.15) is 0 Å². The van der Waals surface area contributed by atoms with Gasteiger partial charge in [-0.1, -0.05) is 18.2 Å². The zero-order chi connectivity index (χ0) is 28.0. The van der Waals surface area contributed by atoms with Crippen molar-refractivity contribution in [2.75, 3.05) is 54.6 Å². The first kappa shape index (κ1) is 26.7. The molecule has 3 aromatic rings. The molecule has 2 aromatic carbocycles. The molecule has 1 N–H and O–H groups in total. The van der Waals surface area contributed by atoms with E-state index >= 15 is 0 Å². The van der Waals surface area contributed by atoms with Crippen LogP contribution in [0.5, 0.6) is 5.75 Å². The molecule has 212 valence electrons. The standard InChI is InChI=1S/C31H37N3O5S/c1-20-14-22(5-8-27(20)33-10-12-40(36,37)13-11-33)15-30(35)32-31(29-9-4-21(2)39-29)26-7-6-25(38-3)17-28(26)34-18-23-16-24(23)19-34/h4-9,14,17,23-24,31H,10-13,15-16,18-19H2,1-3H3,(H,32,35). The normalized spacial score (nSPS) is 22.1. The summed E-state index contributed by atoms with van der Waals surface area (Å²) in [6.07, 6.45) is 1.54. The number of furan rings is 1. The fourth-order valence-corrected chi connectivity index (χ4v) is 7.41. The van der Waals surface area contributed by atoms with Crippen molar-refractivity contribution in [1.82, 2.24) is 5.32 Å². The number of nitrogens with zero attached hydrogens (tertiary/aromatic N) is 2. The van der Waals surface area contributed by atoms with E-state index in [0.29, 0.717) is 18.8 Å². The highest BCUT2D eigenvalue weighted by Gasteiger charge is 2.46. The number of anilines is 2. The number of carbonyl (C=O) groups excluding carboxylic acids is 1. The Bertz CT molecular complexity index is 1510. The summed E-state index contributed by atoms with van der Waals surface area (Å²) in [5.41, 5.74) is 5.04. The van der Waals surface area contributed by atoms with Crippen LogP contribution in [0.2, 0.25) is 0 Å². The lowest BCUT2D eigenvalue weighted by Gasteiger charge is -2.30. The van der Waals surface area contributed by atoms with E-state index in [1.165, 1.54) is 6.42 Å². The number of hydrogen-bond donors (Lipinski definition) is 1. The first-order valence-electron chi connectivity index (χ1n) is 14.0. The first-order chi connectivity index (χ1) is 19.2. The monoisotopic (exact) mass is 563 g/mol. The van der Waals surface area contributed by atoms with Crippen molar-refractivity contribution in [3.63, 3.8) is 0 Å². The van der Waals surface area contributed by atoms with Gasteiger partial charge in [-0.25, -0.2) is 8.42 Å². The van der Waals surface area contributed by atoms with E-state index in [1.807, 2.05) is 56.3 Å². The van der Waals surface area contributed by atoms with Gasteiger partial charge in [-0.05, 0) is 67.5 Å². The molecule has 0 spiro atoms. The van der Waals surface area contributed by atoms with Gasteiger partial charge < -0.3 is 24.3 Å². The first-order valence-corrected chi connectivity index (χ1v) is 15.8. The highest BCUT2D eigenvalue weighted by Crippen LogP contribution is 2.48. The summed E-state index contributed by atoms with van der Waals surface area (Å²) in [6, 6.07) is 15.5. The van der Waals surface area contributed by atoms with Crippen molar-refractivity contribution in [3.05, 3.63) is 76.7 Å². The molecule has 3 heterocycles. The molecule has 2 saturated heterocycles. The third kappa shape index (κ3) is 5.57. The molecule has 0 radical (unpaired) electrons. The number of carbonyl (C=O) groups is 1. The van der Waals surface area contributed by atoms with Crippen molar-refractivity contribution in [3.8, 4) is 5.75 Å². The largest absolute Gasteiger partial charge is 0.497 e. The van der Waals surface area contributed by atoms with Crippen LogP contribution >= 0.6 is 0 Å². The summed E-state index contributed by atoms with van der Waals surface area (Å²) in [5, 5.41) is 3.26. The maximum Gasteiger partial charge on any atom is 0.225 e. The van der Waals surface area contributed by atoms with E-state index in [1.54, 1.807) is 7.11 Å². The van der Waals surface area contributed by atoms with E-state index in [-0.39, 0.29) is 23.8 Å². The van der Waals surface area contributed by atoms with Crippen LogP contribution < -0.4 is 19.9 Å². The number of piperidine rings is 1. The van der Waals surface area contributed by atoms with Gasteiger partial charge in [0.15, 0.2) is 9.84 Å². The van der Waals surface area contributed by atoms with Crippen LogP contribution in [0.4, 0.5) is 11.4 Å². The zero-order valence-corrected chi connectivity index (χ0v) is 24.2.